The first-order chi connectivity index (χ1) is 8.42. The molecule has 0 heterocycles. The third kappa shape index (κ3) is 3.95. The number of hydrogen-bond donors (Lipinski definition) is 1. The van der Waals surface area contributed by atoms with Gasteiger partial charge in [-0.05, 0) is 44.6 Å². The van der Waals surface area contributed by atoms with Crippen LogP contribution in [0, 0.1) is 11.8 Å². The van der Waals surface area contributed by atoms with Crippen LogP contribution in [0.25, 0.3) is 0 Å². The minimum atomic E-state index is -2.94. The van der Waals surface area contributed by atoms with Crippen LogP contribution in [0.15, 0.2) is 0 Å². The molecule has 4 heteroatoms. The molecular weight excluding hydrogens is 246 g/mol. The molecule has 1 saturated carbocycles. The molecule has 0 aliphatic heterocycles. The third-order valence-electron chi connectivity index (χ3n) is 4.39. The first kappa shape index (κ1) is 16.0. The number of sulfone groups is 1. The van der Waals surface area contributed by atoms with Gasteiger partial charge in [0.1, 0.15) is 0 Å². The van der Waals surface area contributed by atoms with Crippen molar-refractivity contribution >= 4 is 9.84 Å². The van der Waals surface area contributed by atoms with E-state index in [4.69, 9.17) is 0 Å². The highest BCUT2D eigenvalue weighted by atomic mass is 32.2. The van der Waals surface area contributed by atoms with E-state index in [1.54, 1.807) is 0 Å². The molecule has 1 aliphatic carbocycles. The van der Waals surface area contributed by atoms with E-state index in [0.717, 1.165) is 32.1 Å². The summed E-state index contributed by atoms with van der Waals surface area (Å²) in [5, 5.41) is 3.05. The fourth-order valence-corrected chi connectivity index (χ4v) is 5.30. The van der Waals surface area contributed by atoms with E-state index in [1.807, 2.05) is 14.0 Å². The van der Waals surface area contributed by atoms with Gasteiger partial charge in [-0.15, -0.1) is 0 Å². The third-order valence-corrected chi connectivity index (χ3v) is 6.69. The maximum Gasteiger partial charge on any atom is 0.154 e. The smallest absolute Gasteiger partial charge is 0.154 e. The largest absolute Gasteiger partial charge is 0.316 e. The van der Waals surface area contributed by atoms with E-state index >= 15 is 0 Å². The molecule has 1 fully saturated rings. The SMILES string of the molecule is CCCCS(=O)(=O)C1CC(C(C)C)CCC1NC. The molecule has 0 spiro atoms. The van der Waals surface area contributed by atoms with Crippen molar-refractivity contribution < 1.29 is 8.42 Å². The van der Waals surface area contributed by atoms with E-state index in [1.165, 1.54) is 0 Å². The normalized spacial score (nSPS) is 29.7. The van der Waals surface area contributed by atoms with Crippen molar-refractivity contribution in [3.8, 4) is 0 Å². The summed E-state index contributed by atoms with van der Waals surface area (Å²) in [4.78, 5) is 0. The molecule has 0 aromatic heterocycles. The quantitative estimate of drug-likeness (QED) is 0.810. The van der Waals surface area contributed by atoms with Gasteiger partial charge in [0.15, 0.2) is 9.84 Å². The summed E-state index contributed by atoms with van der Waals surface area (Å²) >= 11 is 0. The van der Waals surface area contributed by atoms with E-state index in [-0.39, 0.29) is 11.3 Å². The molecule has 108 valence electrons. The Morgan fingerprint density at radius 2 is 1.94 bits per heavy atom. The Morgan fingerprint density at radius 1 is 1.28 bits per heavy atom. The Labute approximate surface area is 113 Å². The molecule has 0 bridgehead atoms. The first-order valence-electron chi connectivity index (χ1n) is 7.31. The molecule has 0 saturated heterocycles. The lowest BCUT2D eigenvalue weighted by Gasteiger charge is -2.37. The van der Waals surface area contributed by atoms with Gasteiger partial charge in [0.2, 0.25) is 0 Å². The van der Waals surface area contributed by atoms with Gasteiger partial charge >= 0.3 is 0 Å². The molecule has 0 aromatic carbocycles. The maximum atomic E-state index is 12.4. The van der Waals surface area contributed by atoms with Gasteiger partial charge in [-0.25, -0.2) is 8.42 Å². The summed E-state index contributed by atoms with van der Waals surface area (Å²) in [5.41, 5.74) is 0. The van der Waals surface area contributed by atoms with Gasteiger partial charge in [0.05, 0.1) is 11.0 Å². The van der Waals surface area contributed by atoms with Gasteiger partial charge in [-0.3, -0.25) is 0 Å². The lowest BCUT2D eigenvalue weighted by atomic mass is 9.79. The Morgan fingerprint density at radius 3 is 2.44 bits per heavy atom. The highest BCUT2D eigenvalue weighted by Crippen LogP contribution is 2.34. The summed E-state index contributed by atoms with van der Waals surface area (Å²) in [6, 6.07) is 0.154. The van der Waals surface area contributed by atoms with Gasteiger partial charge in [-0.2, -0.15) is 0 Å². The topological polar surface area (TPSA) is 46.2 Å². The molecule has 0 aromatic rings. The zero-order chi connectivity index (χ0) is 13.8. The molecule has 1 N–H and O–H groups in total. The summed E-state index contributed by atoms with van der Waals surface area (Å²) < 4.78 is 24.9. The zero-order valence-electron chi connectivity index (χ0n) is 12.3. The van der Waals surface area contributed by atoms with Crippen LogP contribution < -0.4 is 5.32 Å². The second-order valence-electron chi connectivity index (χ2n) is 5.97. The number of rotatable bonds is 6. The lowest BCUT2D eigenvalue weighted by Crippen LogP contribution is -2.48. The molecule has 18 heavy (non-hydrogen) atoms. The van der Waals surface area contributed by atoms with Crippen LogP contribution >= 0.6 is 0 Å². The van der Waals surface area contributed by atoms with Crippen molar-refractivity contribution in [2.75, 3.05) is 12.8 Å². The van der Waals surface area contributed by atoms with Crippen molar-refractivity contribution in [2.24, 2.45) is 11.8 Å². The second-order valence-corrected chi connectivity index (χ2v) is 8.31. The number of nitrogens with one attached hydrogen (secondary N) is 1. The van der Waals surface area contributed by atoms with E-state index in [0.29, 0.717) is 17.6 Å². The summed E-state index contributed by atoms with van der Waals surface area (Å²) in [6.45, 7) is 6.46. The molecule has 3 unspecified atom stereocenters. The molecular formula is C14H29NO2S. The number of hydrogen-bond acceptors (Lipinski definition) is 3. The molecule has 0 radical (unpaired) electrons. The molecule has 1 aliphatic rings. The van der Waals surface area contributed by atoms with Crippen LogP contribution in [0.4, 0.5) is 0 Å². The zero-order valence-corrected chi connectivity index (χ0v) is 13.1. The fourth-order valence-electron chi connectivity index (χ4n) is 2.99. The molecule has 0 amide bonds. The van der Waals surface area contributed by atoms with Crippen molar-refractivity contribution in [3.05, 3.63) is 0 Å². The van der Waals surface area contributed by atoms with Gasteiger partial charge in [0, 0.05) is 6.04 Å². The standard InChI is InChI=1S/C14H29NO2S/c1-5-6-9-18(16,17)14-10-12(11(2)3)7-8-13(14)15-4/h11-15H,5-10H2,1-4H3. The van der Waals surface area contributed by atoms with Crippen LogP contribution in [0.2, 0.25) is 0 Å². The molecule has 1 rings (SSSR count). The Balaban J connectivity index is 2.79. The minimum Gasteiger partial charge on any atom is -0.316 e. The summed E-state index contributed by atoms with van der Waals surface area (Å²) in [5.74, 6) is 1.51. The van der Waals surface area contributed by atoms with Crippen molar-refractivity contribution in [1.29, 1.82) is 0 Å². The Kier molecular flexibility index (Phi) is 6.12. The van der Waals surface area contributed by atoms with Crippen molar-refractivity contribution in [2.45, 2.75) is 64.2 Å². The summed E-state index contributed by atoms with van der Waals surface area (Å²) in [6.07, 6.45) is 4.74. The van der Waals surface area contributed by atoms with Gasteiger partial charge < -0.3 is 5.32 Å². The summed E-state index contributed by atoms with van der Waals surface area (Å²) in [7, 11) is -1.04. The van der Waals surface area contributed by atoms with Crippen LogP contribution in [0.1, 0.15) is 52.9 Å². The first-order valence-corrected chi connectivity index (χ1v) is 9.02. The fraction of sp³-hybridized carbons (Fsp3) is 1.00. The van der Waals surface area contributed by atoms with Gasteiger partial charge in [0.25, 0.3) is 0 Å². The number of unbranched alkanes of at least 4 members (excludes halogenated alkanes) is 1. The molecule has 3 atom stereocenters. The van der Waals surface area contributed by atoms with E-state index in [2.05, 4.69) is 19.2 Å². The Bertz CT molecular complexity index is 338. The average Bonchev–Trinajstić information content (AvgIpc) is 2.35. The van der Waals surface area contributed by atoms with Crippen LogP contribution in [-0.4, -0.2) is 32.5 Å². The van der Waals surface area contributed by atoms with E-state index in [9.17, 15) is 8.42 Å². The minimum absolute atomic E-state index is 0.154. The van der Waals surface area contributed by atoms with E-state index < -0.39 is 9.84 Å². The average molecular weight is 275 g/mol. The monoisotopic (exact) mass is 275 g/mol. The van der Waals surface area contributed by atoms with Crippen molar-refractivity contribution in [1.82, 2.24) is 5.32 Å². The predicted molar refractivity (Wildman–Crippen MR) is 77.5 cm³/mol. The predicted octanol–water partition coefficient (Wildman–Crippen LogP) is 2.61. The second kappa shape index (κ2) is 6.90. The van der Waals surface area contributed by atoms with Crippen LogP contribution in [0.5, 0.6) is 0 Å². The highest BCUT2D eigenvalue weighted by molar-refractivity contribution is 7.92. The Hall–Kier alpha value is -0.0900. The van der Waals surface area contributed by atoms with Crippen LogP contribution in [-0.2, 0) is 9.84 Å². The van der Waals surface area contributed by atoms with Crippen molar-refractivity contribution in [3.63, 3.8) is 0 Å². The highest BCUT2D eigenvalue weighted by Gasteiger charge is 2.38. The molecule has 3 nitrogen and oxygen atoms in total. The van der Waals surface area contributed by atoms with Crippen LogP contribution in [0.3, 0.4) is 0 Å². The van der Waals surface area contributed by atoms with Gasteiger partial charge in [-0.1, -0.05) is 27.2 Å². The lowest BCUT2D eigenvalue weighted by molar-refractivity contribution is 0.246. The maximum absolute atomic E-state index is 12.4.